The summed E-state index contributed by atoms with van der Waals surface area (Å²) in [6, 6.07) is 0. The molecule has 78 valence electrons. The van der Waals surface area contributed by atoms with Gasteiger partial charge in [0.1, 0.15) is 5.78 Å². The van der Waals surface area contributed by atoms with Gasteiger partial charge >= 0.3 is 5.97 Å². The lowest BCUT2D eigenvalue weighted by molar-refractivity contribution is -0.143. The quantitative estimate of drug-likeness (QED) is 0.695. The first kappa shape index (κ1) is 9.65. The summed E-state index contributed by atoms with van der Waals surface area (Å²) in [4.78, 5) is 24.1. The van der Waals surface area contributed by atoms with Crippen molar-refractivity contribution < 1.29 is 14.7 Å². The average Bonchev–Trinajstić information content (AvgIpc) is 2.05. The molecule has 1 heterocycles. The number of Topliss-reactive ketones (excluding diaryl/α,β-unsaturated/α-hetero) is 1. The normalized spacial score (nSPS) is 33.0. The summed E-state index contributed by atoms with van der Waals surface area (Å²) in [7, 11) is 0. The van der Waals surface area contributed by atoms with E-state index in [4.69, 9.17) is 5.11 Å². The molecule has 14 heavy (non-hydrogen) atoms. The second-order valence-corrected chi connectivity index (χ2v) is 4.31. The molecule has 0 aromatic rings. The average molecular weight is 197 g/mol. The number of carbonyl (C=O) groups is 2. The van der Waals surface area contributed by atoms with Crippen LogP contribution >= 0.6 is 0 Å². The first-order valence-corrected chi connectivity index (χ1v) is 5.14. The zero-order chi connectivity index (χ0) is 10.1. The molecule has 0 radical (unpaired) electrons. The molecule has 1 N–H and O–H groups in total. The van der Waals surface area contributed by atoms with Crippen molar-refractivity contribution in [1.29, 1.82) is 0 Å². The lowest BCUT2D eigenvalue weighted by Gasteiger charge is -2.39. The van der Waals surface area contributed by atoms with E-state index < -0.39 is 5.97 Å². The Labute approximate surface area is 82.9 Å². The maximum absolute atomic E-state index is 11.7. The van der Waals surface area contributed by atoms with Crippen molar-refractivity contribution in [3.8, 4) is 0 Å². The molecule has 2 unspecified atom stereocenters. The van der Waals surface area contributed by atoms with Gasteiger partial charge in [0, 0.05) is 24.9 Å². The van der Waals surface area contributed by atoms with Crippen LogP contribution in [0.2, 0.25) is 0 Å². The van der Waals surface area contributed by atoms with Crippen LogP contribution in [-0.4, -0.2) is 41.4 Å². The lowest BCUT2D eigenvalue weighted by Crippen LogP contribution is -2.50. The summed E-state index contributed by atoms with van der Waals surface area (Å²) in [5, 5.41) is 8.67. The molecule has 0 spiro atoms. The molecule has 1 aliphatic heterocycles. The Balaban J connectivity index is 2.00. The van der Waals surface area contributed by atoms with Crippen LogP contribution in [0.25, 0.3) is 0 Å². The van der Waals surface area contributed by atoms with E-state index in [9.17, 15) is 9.59 Å². The summed E-state index contributed by atoms with van der Waals surface area (Å²) < 4.78 is 0. The third-order valence-corrected chi connectivity index (χ3v) is 3.23. The summed E-state index contributed by atoms with van der Waals surface area (Å²) >= 11 is 0. The number of aliphatic carboxylic acids is 1. The molecular formula is C10H15NO3. The van der Waals surface area contributed by atoms with Gasteiger partial charge in [0.25, 0.3) is 0 Å². The van der Waals surface area contributed by atoms with Crippen LogP contribution in [0.15, 0.2) is 0 Å². The second-order valence-electron chi connectivity index (χ2n) is 4.31. The molecule has 2 atom stereocenters. The summed E-state index contributed by atoms with van der Waals surface area (Å²) in [6.45, 7) is 1.39. The fourth-order valence-corrected chi connectivity index (χ4v) is 2.61. The zero-order valence-corrected chi connectivity index (χ0v) is 8.11. The van der Waals surface area contributed by atoms with Crippen molar-refractivity contribution in [2.24, 2.45) is 11.8 Å². The minimum absolute atomic E-state index is 0.0836. The Kier molecular flexibility index (Phi) is 2.54. The first-order chi connectivity index (χ1) is 6.66. The van der Waals surface area contributed by atoms with Crippen LogP contribution in [0.3, 0.4) is 0 Å². The summed E-state index contributed by atoms with van der Waals surface area (Å²) in [6.07, 6.45) is 3.03. The van der Waals surface area contributed by atoms with Gasteiger partial charge in [0.2, 0.25) is 0 Å². The van der Waals surface area contributed by atoms with Crippen molar-refractivity contribution in [1.82, 2.24) is 4.90 Å². The van der Waals surface area contributed by atoms with Crippen LogP contribution in [-0.2, 0) is 9.59 Å². The Morgan fingerprint density at radius 1 is 1.36 bits per heavy atom. The molecule has 0 aromatic carbocycles. The molecule has 1 aliphatic carbocycles. The molecule has 2 fully saturated rings. The SMILES string of the molecule is O=C(O)CN1CC2CCCC(C1)C2=O. The molecule has 1 saturated heterocycles. The van der Waals surface area contributed by atoms with E-state index in [2.05, 4.69) is 0 Å². The number of hydrogen-bond acceptors (Lipinski definition) is 3. The molecule has 1 saturated carbocycles. The fourth-order valence-electron chi connectivity index (χ4n) is 2.61. The van der Waals surface area contributed by atoms with E-state index in [1.807, 2.05) is 4.90 Å². The van der Waals surface area contributed by atoms with Gasteiger partial charge in [-0.3, -0.25) is 14.5 Å². The van der Waals surface area contributed by atoms with Gasteiger partial charge in [-0.25, -0.2) is 0 Å². The molecule has 4 heteroatoms. The van der Waals surface area contributed by atoms with Crippen molar-refractivity contribution in [2.45, 2.75) is 19.3 Å². The highest BCUT2D eigenvalue weighted by molar-refractivity contribution is 5.85. The van der Waals surface area contributed by atoms with Gasteiger partial charge in [0.15, 0.2) is 0 Å². The number of rotatable bonds is 2. The van der Waals surface area contributed by atoms with E-state index >= 15 is 0 Å². The van der Waals surface area contributed by atoms with E-state index in [0.717, 1.165) is 19.3 Å². The number of piperidine rings is 1. The van der Waals surface area contributed by atoms with Crippen LogP contribution in [0.4, 0.5) is 0 Å². The molecule has 2 aliphatic rings. The first-order valence-electron chi connectivity index (χ1n) is 5.14. The van der Waals surface area contributed by atoms with Gasteiger partial charge in [0.05, 0.1) is 6.54 Å². The van der Waals surface area contributed by atoms with E-state index in [0.29, 0.717) is 18.9 Å². The number of carboxylic acids is 1. The van der Waals surface area contributed by atoms with Crippen LogP contribution < -0.4 is 0 Å². The lowest BCUT2D eigenvalue weighted by atomic mass is 9.77. The molecule has 2 bridgehead atoms. The highest BCUT2D eigenvalue weighted by Crippen LogP contribution is 2.31. The van der Waals surface area contributed by atoms with Gasteiger partial charge in [-0.2, -0.15) is 0 Å². The monoisotopic (exact) mass is 197 g/mol. The van der Waals surface area contributed by atoms with Crippen molar-refractivity contribution in [3.63, 3.8) is 0 Å². The topological polar surface area (TPSA) is 57.6 Å². The van der Waals surface area contributed by atoms with E-state index in [1.165, 1.54) is 0 Å². The maximum Gasteiger partial charge on any atom is 0.317 e. The van der Waals surface area contributed by atoms with Crippen LogP contribution in [0.5, 0.6) is 0 Å². The van der Waals surface area contributed by atoms with Crippen molar-refractivity contribution in [2.75, 3.05) is 19.6 Å². The smallest absolute Gasteiger partial charge is 0.317 e. The third-order valence-electron chi connectivity index (χ3n) is 3.23. The Bertz CT molecular complexity index is 248. The Hall–Kier alpha value is -0.900. The Morgan fingerprint density at radius 3 is 2.43 bits per heavy atom. The molecular weight excluding hydrogens is 182 g/mol. The number of ketones is 1. The van der Waals surface area contributed by atoms with Gasteiger partial charge in [-0.05, 0) is 12.8 Å². The van der Waals surface area contributed by atoms with Gasteiger partial charge in [-0.1, -0.05) is 6.42 Å². The van der Waals surface area contributed by atoms with Crippen LogP contribution in [0, 0.1) is 11.8 Å². The second kappa shape index (κ2) is 3.69. The van der Waals surface area contributed by atoms with Gasteiger partial charge in [-0.15, -0.1) is 0 Å². The van der Waals surface area contributed by atoms with Crippen LogP contribution in [0.1, 0.15) is 19.3 Å². The minimum Gasteiger partial charge on any atom is -0.480 e. The number of carbonyl (C=O) groups excluding carboxylic acids is 1. The Morgan fingerprint density at radius 2 is 1.93 bits per heavy atom. The molecule has 0 amide bonds. The number of likely N-dealkylation sites (tertiary alicyclic amines) is 1. The number of carboxylic acid groups (broad SMARTS) is 1. The maximum atomic E-state index is 11.7. The predicted octanol–water partition coefficient (Wildman–Crippen LogP) is 0.372. The van der Waals surface area contributed by atoms with Crippen molar-refractivity contribution >= 4 is 11.8 Å². The molecule has 2 rings (SSSR count). The predicted molar refractivity (Wildman–Crippen MR) is 49.9 cm³/mol. The molecule has 4 nitrogen and oxygen atoms in total. The molecule has 0 aromatic heterocycles. The number of fused-ring (bicyclic) bond motifs is 2. The summed E-state index contributed by atoms with van der Waals surface area (Å²) in [5.41, 5.74) is 0. The van der Waals surface area contributed by atoms with E-state index in [-0.39, 0.29) is 18.4 Å². The zero-order valence-electron chi connectivity index (χ0n) is 8.11. The van der Waals surface area contributed by atoms with Gasteiger partial charge < -0.3 is 5.11 Å². The summed E-state index contributed by atoms with van der Waals surface area (Å²) in [5.74, 6) is -0.195. The fraction of sp³-hybridized carbons (Fsp3) is 0.800. The minimum atomic E-state index is -0.794. The largest absolute Gasteiger partial charge is 0.480 e. The highest BCUT2D eigenvalue weighted by atomic mass is 16.4. The van der Waals surface area contributed by atoms with E-state index in [1.54, 1.807) is 0 Å². The number of hydrogen-bond donors (Lipinski definition) is 1. The third kappa shape index (κ3) is 1.80. The standard InChI is InChI=1S/C10H15NO3/c12-9(13)6-11-4-7-2-1-3-8(5-11)10(7)14/h7-8H,1-6H2,(H,12,13). The van der Waals surface area contributed by atoms with Crippen molar-refractivity contribution in [3.05, 3.63) is 0 Å². The highest BCUT2D eigenvalue weighted by Gasteiger charge is 2.38. The number of nitrogens with zero attached hydrogens (tertiary/aromatic N) is 1.